The van der Waals surface area contributed by atoms with Crippen molar-refractivity contribution < 1.29 is 5.11 Å². The van der Waals surface area contributed by atoms with Gasteiger partial charge in [-0.05, 0) is 70.9 Å². The summed E-state index contributed by atoms with van der Waals surface area (Å²) in [6, 6.07) is 3.89. The van der Waals surface area contributed by atoms with E-state index in [-0.39, 0.29) is 0 Å². The van der Waals surface area contributed by atoms with Crippen LogP contribution in [-0.4, -0.2) is 15.7 Å². The van der Waals surface area contributed by atoms with Gasteiger partial charge in [0.15, 0.2) is 0 Å². The van der Waals surface area contributed by atoms with E-state index in [9.17, 15) is 5.11 Å². The molecule has 1 aliphatic rings. The molecular formula is C16H27NO. The molecule has 2 N–H and O–H groups in total. The van der Waals surface area contributed by atoms with Gasteiger partial charge >= 0.3 is 0 Å². The molecule has 0 aromatic carbocycles. The number of H-pyrrole nitrogens is 1. The van der Waals surface area contributed by atoms with E-state index in [1.165, 1.54) is 32.1 Å². The average Bonchev–Trinajstić information content (AvgIpc) is 2.87. The van der Waals surface area contributed by atoms with E-state index in [0.29, 0.717) is 0 Å². The van der Waals surface area contributed by atoms with Gasteiger partial charge in [-0.2, -0.15) is 0 Å². The molecule has 1 aromatic rings. The summed E-state index contributed by atoms with van der Waals surface area (Å²) in [6.07, 6.45) is 14.7. The van der Waals surface area contributed by atoms with E-state index in [4.69, 9.17) is 0 Å². The molecule has 1 aromatic heterocycles. The summed E-state index contributed by atoms with van der Waals surface area (Å²) >= 11 is 0. The SMILES string of the molecule is CC(C)(O)CCCC1=CCCCC1.c1cc[nH]c1. The van der Waals surface area contributed by atoms with Gasteiger partial charge in [-0.15, -0.1) is 0 Å². The molecule has 0 spiro atoms. The minimum Gasteiger partial charge on any atom is -0.390 e. The van der Waals surface area contributed by atoms with Crippen LogP contribution >= 0.6 is 0 Å². The third-order valence-corrected chi connectivity index (χ3v) is 3.17. The highest BCUT2D eigenvalue weighted by Gasteiger charge is 2.12. The molecule has 0 amide bonds. The van der Waals surface area contributed by atoms with Gasteiger partial charge in [0.05, 0.1) is 5.60 Å². The summed E-state index contributed by atoms with van der Waals surface area (Å²) in [5.41, 5.74) is 1.14. The van der Waals surface area contributed by atoms with E-state index >= 15 is 0 Å². The third kappa shape index (κ3) is 8.13. The number of hydrogen-bond acceptors (Lipinski definition) is 1. The Morgan fingerprint density at radius 2 is 1.94 bits per heavy atom. The molecule has 102 valence electrons. The summed E-state index contributed by atoms with van der Waals surface area (Å²) in [6.45, 7) is 3.78. The fourth-order valence-electron chi connectivity index (χ4n) is 2.16. The molecule has 0 unspecified atom stereocenters. The quantitative estimate of drug-likeness (QED) is 0.760. The number of allylic oxidation sites excluding steroid dienone is 2. The predicted octanol–water partition coefficient (Wildman–Crippen LogP) is 4.44. The second-order valence-corrected chi connectivity index (χ2v) is 5.66. The number of hydrogen-bond donors (Lipinski definition) is 2. The normalized spacial score (nSPS) is 15.6. The van der Waals surface area contributed by atoms with Gasteiger partial charge < -0.3 is 10.1 Å². The first kappa shape index (κ1) is 15.0. The molecule has 0 aliphatic heterocycles. The lowest BCUT2D eigenvalue weighted by molar-refractivity contribution is 0.0688. The van der Waals surface area contributed by atoms with Crippen molar-refractivity contribution >= 4 is 0 Å². The van der Waals surface area contributed by atoms with Crippen molar-refractivity contribution in [3.05, 3.63) is 36.2 Å². The van der Waals surface area contributed by atoms with Crippen molar-refractivity contribution in [1.29, 1.82) is 0 Å². The van der Waals surface area contributed by atoms with Crippen molar-refractivity contribution in [2.75, 3.05) is 0 Å². The first-order valence-corrected chi connectivity index (χ1v) is 7.06. The smallest absolute Gasteiger partial charge is 0.0591 e. The van der Waals surface area contributed by atoms with Crippen molar-refractivity contribution in [2.45, 2.75) is 64.4 Å². The Bertz CT molecular complexity index is 302. The molecule has 18 heavy (non-hydrogen) atoms. The lowest BCUT2D eigenvalue weighted by atomic mass is 9.93. The van der Waals surface area contributed by atoms with E-state index in [0.717, 1.165) is 12.8 Å². The minimum atomic E-state index is -0.477. The summed E-state index contributed by atoms with van der Waals surface area (Å²) in [4.78, 5) is 2.86. The minimum absolute atomic E-state index is 0.477. The van der Waals surface area contributed by atoms with Crippen LogP contribution in [0.2, 0.25) is 0 Å². The van der Waals surface area contributed by atoms with E-state index < -0.39 is 5.60 Å². The maximum Gasteiger partial charge on any atom is 0.0591 e. The molecule has 2 rings (SSSR count). The van der Waals surface area contributed by atoms with Crippen LogP contribution in [0.5, 0.6) is 0 Å². The van der Waals surface area contributed by atoms with Gasteiger partial charge in [-0.3, -0.25) is 0 Å². The van der Waals surface area contributed by atoms with Crippen LogP contribution in [0.25, 0.3) is 0 Å². The van der Waals surface area contributed by atoms with Crippen LogP contribution in [0, 0.1) is 0 Å². The van der Waals surface area contributed by atoms with E-state index in [2.05, 4.69) is 11.1 Å². The molecule has 2 heteroatoms. The third-order valence-electron chi connectivity index (χ3n) is 3.17. The highest BCUT2D eigenvalue weighted by molar-refractivity contribution is 5.04. The summed E-state index contributed by atoms with van der Waals surface area (Å²) in [5, 5.41) is 9.53. The van der Waals surface area contributed by atoms with Crippen molar-refractivity contribution in [2.24, 2.45) is 0 Å². The highest BCUT2D eigenvalue weighted by atomic mass is 16.3. The number of aromatic nitrogens is 1. The molecule has 0 radical (unpaired) electrons. The summed E-state index contributed by atoms with van der Waals surface area (Å²) < 4.78 is 0. The van der Waals surface area contributed by atoms with Crippen LogP contribution < -0.4 is 0 Å². The van der Waals surface area contributed by atoms with Crippen LogP contribution in [0.15, 0.2) is 36.2 Å². The van der Waals surface area contributed by atoms with Crippen LogP contribution in [0.3, 0.4) is 0 Å². The van der Waals surface area contributed by atoms with Crippen molar-refractivity contribution in [3.63, 3.8) is 0 Å². The molecule has 0 fully saturated rings. The van der Waals surface area contributed by atoms with Crippen LogP contribution in [0.4, 0.5) is 0 Å². The lowest BCUT2D eigenvalue weighted by Crippen LogP contribution is -2.17. The Balaban J connectivity index is 0.000000269. The van der Waals surface area contributed by atoms with Gasteiger partial charge in [-0.1, -0.05) is 11.6 Å². The van der Waals surface area contributed by atoms with Crippen LogP contribution in [0.1, 0.15) is 58.8 Å². The maximum absolute atomic E-state index is 9.53. The Morgan fingerprint density at radius 3 is 2.39 bits per heavy atom. The Kier molecular flexibility index (Phi) is 6.81. The Hall–Kier alpha value is -1.02. The average molecular weight is 249 g/mol. The van der Waals surface area contributed by atoms with E-state index in [1.54, 1.807) is 5.57 Å². The zero-order valence-corrected chi connectivity index (χ0v) is 11.8. The number of nitrogens with one attached hydrogen (secondary N) is 1. The fourth-order valence-corrected chi connectivity index (χ4v) is 2.16. The first-order chi connectivity index (χ1) is 8.58. The zero-order chi connectivity index (χ0) is 13.3. The number of rotatable bonds is 4. The molecule has 1 heterocycles. The highest BCUT2D eigenvalue weighted by Crippen LogP contribution is 2.23. The van der Waals surface area contributed by atoms with Gasteiger partial charge in [0, 0.05) is 12.4 Å². The van der Waals surface area contributed by atoms with Gasteiger partial charge in [0.25, 0.3) is 0 Å². The molecular weight excluding hydrogens is 222 g/mol. The second-order valence-electron chi connectivity index (χ2n) is 5.66. The van der Waals surface area contributed by atoms with E-state index in [1.807, 2.05) is 38.4 Å². The topological polar surface area (TPSA) is 36.0 Å². The second kappa shape index (κ2) is 8.15. The zero-order valence-electron chi connectivity index (χ0n) is 11.8. The largest absolute Gasteiger partial charge is 0.390 e. The summed E-state index contributed by atoms with van der Waals surface area (Å²) in [5.74, 6) is 0. The predicted molar refractivity (Wildman–Crippen MR) is 77.5 cm³/mol. The Labute approximate surface area is 111 Å². The lowest BCUT2D eigenvalue weighted by Gasteiger charge is -2.18. The molecule has 2 nitrogen and oxygen atoms in total. The Morgan fingerprint density at radius 1 is 1.22 bits per heavy atom. The van der Waals surface area contributed by atoms with Gasteiger partial charge in [0.2, 0.25) is 0 Å². The van der Waals surface area contributed by atoms with Gasteiger partial charge in [0.1, 0.15) is 0 Å². The van der Waals surface area contributed by atoms with Crippen molar-refractivity contribution in [1.82, 2.24) is 4.98 Å². The molecule has 0 atom stereocenters. The van der Waals surface area contributed by atoms with Gasteiger partial charge in [-0.25, -0.2) is 0 Å². The van der Waals surface area contributed by atoms with Crippen LogP contribution in [-0.2, 0) is 0 Å². The summed E-state index contributed by atoms with van der Waals surface area (Å²) in [7, 11) is 0. The number of aromatic amines is 1. The standard InChI is InChI=1S/C12H22O.C4H5N/c1-12(2,13)10-6-9-11-7-4-3-5-8-11;1-2-4-5-3-1/h7,13H,3-6,8-10H2,1-2H3;1-5H. The molecule has 1 aliphatic carbocycles. The monoisotopic (exact) mass is 249 g/mol. The molecule has 0 bridgehead atoms. The number of aliphatic hydroxyl groups is 1. The molecule has 0 saturated heterocycles. The molecule has 0 saturated carbocycles. The maximum atomic E-state index is 9.53. The fraction of sp³-hybridized carbons (Fsp3) is 0.625. The van der Waals surface area contributed by atoms with Crippen molar-refractivity contribution in [3.8, 4) is 0 Å². The first-order valence-electron chi connectivity index (χ1n) is 7.06.